The van der Waals surface area contributed by atoms with Crippen LogP contribution in [0.25, 0.3) is 0 Å². The molecule has 1 aromatic rings. The summed E-state index contributed by atoms with van der Waals surface area (Å²) in [5, 5.41) is 0. The van der Waals surface area contributed by atoms with Gasteiger partial charge >= 0.3 is 11.8 Å². The molecule has 1 rings (SSSR count). The number of aryl methyl sites for hydroxylation is 2. The van der Waals surface area contributed by atoms with E-state index < -0.39 is 11.8 Å². The van der Waals surface area contributed by atoms with E-state index in [1.165, 1.54) is 32.7 Å². The molecular formula is C15H22N2O2. The Labute approximate surface area is 114 Å². The second-order valence-electron chi connectivity index (χ2n) is 5.08. The van der Waals surface area contributed by atoms with Gasteiger partial charge in [0.25, 0.3) is 0 Å². The van der Waals surface area contributed by atoms with Crippen LogP contribution in [0.2, 0.25) is 0 Å². The zero-order valence-electron chi connectivity index (χ0n) is 12.3. The molecule has 1 aromatic carbocycles. The van der Waals surface area contributed by atoms with Gasteiger partial charge in [-0.2, -0.15) is 0 Å². The van der Waals surface area contributed by atoms with Crippen molar-refractivity contribution in [2.45, 2.75) is 34.1 Å². The fourth-order valence-corrected chi connectivity index (χ4v) is 2.24. The molecule has 4 nitrogen and oxygen atoms in total. The molecule has 0 aliphatic rings. The number of primary amides is 1. The fraction of sp³-hybridized carbons (Fsp3) is 0.467. The van der Waals surface area contributed by atoms with Crippen LogP contribution in [0.5, 0.6) is 0 Å². The van der Waals surface area contributed by atoms with Crippen molar-refractivity contribution in [2.75, 3.05) is 13.6 Å². The molecule has 0 atom stereocenters. The van der Waals surface area contributed by atoms with Crippen LogP contribution in [0.3, 0.4) is 0 Å². The Hall–Kier alpha value is -1.84. The number of hydrogen-bond acceptors (Lipinski definition) is 2. The Balaban J connectivity index is 2.90. The molecule has 0 saturated carbocycles. The molecule has 0 heterocycles. The van der Waals surface area contributed by atoms with E-state index in [4.69, 9.17) is 5.73 Å². The molecule has 0 unspecified atom stereocenters. The summed E-state index contributed by atoms with van der Waals surface area (Å²) in [4.78, 5) is 23.6. The van der Waals surface area contributed by atoms with Crippen LogP contribution in [0, 0.1) is 27.7 Å². The van der Waals surface area contributed by atoms with Crippen LogP contribution in [0.4, 0.5) is 0 Å². The number of amides is 2. The molecule has 2 N–H and O–H groups in total. The van der Waals surface area contributed by atoms with Crippen molar-refractivity contribution in [3.05, 3.63) is 33.9 Å². The largest absolute Gasteiger partial charge is 0.361 e. The van der Waals surface area contributed by atoms with E-state index >= 15 is 0 Å². The van der Waals surface area contributed by atoms with Gasteiger partial charge < -0.3 is 10.6 Å². The topological polar surface area (TPSA) is 63.4 Å². The minimum Gasteiger partial charge on any atom is -0.361 e. The van der Waals surface area contributed by atoms with Crippen LogP contribution >= 0.6 is 0 Å². The summed E-state index contributed by atoms with van der Waals surface area (Å²) in [5.41, 5.74) is 11.2. The lowest BCUT2D eigenvalue weighted by molar-refractivity contribution is -0.143. The molecule has 0 saturated heterocycles. The van der Waals surface area contributed by atoms with E-state index in [9.17, 15) is 9.59 Å². The maximum atomic E-state index is 11.4. The van der Waals surface area contributed by atoms with E-state index in [0.717, 1.165) is 6.42 Å². The summed E-state index contributed by atoms with van der Waals surface area (Å²) >= 11 is 0. The number of benzene rings is 1. The molecule has 4 heteroatoms. The lowest BCUT2D eigenvalue weighted by Gasteiger charge is -2.19. The summed E-state index contributed by atoms with van der Waals surface area (Å²) < 4.78 is 0. The molecule has 0 aromatic heterocycles. The number of rotatable bonds is 3. The molecule has 0 bridgehead atoms. The predicted octanol–water partition coefficient (Wildman–Crippen LogP) is 1.41. The van der Waals surface area contributed by atoms with Crippen molar-refractivity contribution in [3.8, 4) is 0 Å². The molecule has 0 spiro atoms. The molecule has 19 heavy (non-hydrogen) atoms. The quantitative estimate of drug-likeness (QED) is 0.837. The standard InChI is InChI=1S/C15H22N2O2/c1-9-8-10(2)12(4)13(11(9)3)6-7-17(5)15(19)14(16)18/h8H,6-7H2,1-5H3,(H2,16,18). The lowest BCUT2D eigenvalue weighted by Crippen LogP contribution is -2.38. The highest BCUT2D eigenvalue weighted by Crippen LogP contribution is 2.22. The zero-order valence-corrected chi connectivity index (χ0v) is 12.3. The Kier molecular flexibility index (Phi) is 4.70. The first kappa shape index (κ1) is 15.2. The van der Waals surface area contributed by atoms with Crippen LogP contribution < -0.4 is 5.73 Å². The first-order valence-electron chi connectivity index (χ1n) is 6.36. The number of likely N-dealkylation sites (N-methyl/N-ethyl adjacent to an activating group) is 1. The first-order valence-corrected chi connectivity index (χ1v) is 6.36. The van der Waals surface area contributed by atoms with Gasteiger partial charge in [-0.25, -0.2) is 0 Å². The molecule has 0 aliphatic carbocycles. The van der Waals surface area contributed by atoms with Crippen LogP contribution in [-0.2, 0) is 16.0 Å². The summed E-state index contributed by atoms with van der Waals surface area (Å²) in [7, 11) is 1.60. The van der Waals surface area contributed by atoms with E-state index in [-0.39, 0.29) is 0 Å². The van der Waals surface area contributed by atoms with Crippen molar-refractivity contribution in [3.63, 3.8) is 0 Å². The van der Waals surface area contributed by atoms with Gasteiger partial charge in [0.2, 0.25) is 0 Å². The van der Waals surface area contributed by atoms with Gasteiger partial charge in [-0.05, 0) is 61.9 Å². The molecule has 104 valence electrons. The van der Waals surface area contributed by atoms with Crippen molar-refractivity contribution in [1.29, 1.82) is 0 Å². The number of carbonyl (C=O) groups excluding carboxylic acids is 2. The molecule has 2 amide bonds. The first-order chi connectivity index (χ1) is 8.75. The number of carbonyl (C=O) groups is 2. The number of nitrogens with two attached hydrogens (primary N) is 1. The third-order valence-electron chi connectivity index (χ3n) is 3.78. The van der Waals surface area contributed by atoms with Crippen LogP contribution in [0.15, 0.2) is 6.07 Å². The van der Waals surface area contributed by atoms with Crippen molar-refractivity contribution >= 4 is 11.8 Å². The van der Waals surface area contributed by atoms with Gasteiger partial charge in [0, 0.05) is 13.6 Å². The predicted molar refractivity (Wildman–Crippen MR) is 75.9 cm³/mol. The van der Waals surface area contributed by atoms with Gasteiger partial charge in [-0.1, -0.05) is 6.07 Å². The van der Waals surface area contributed by atoms with Crippen LogP contribution in [-0.4, -0.2) is 30.3 Å². The van der Waals surface area contributed by atoms with Crippen LogP contribution in [0.1, 0.15) is 27.8 Å². The van der Waals surface area contributed by atoms with E-state index in [1.54, 1.807) is 7.05 Å². The maximum absolute atomic E-state index is 11.4. The third-order valence-corrected chi connectivity index (χ3v) is 3.78. The van der Waals surface area contributed by atoms with Crippen molar-refractivity contribution < 1.29 is 9.59 Å². The Bertz CT molecular complexity index is 495. The Morgan fingerprint density at radius 2 is 1.58 bits per heavy atom. The van der Waals surface area contributed by atoms with E-state index in [1.807, 2.05) is 0 Å². The van der Waals surface area contributed by atoms with E-state index in [2.05, 4.69) is 33.8 Å². The van der Waals surface area contributed by atoms with Gasteiger partial charge in [0.05, 0.1) is 0 Å². The fourth-order valence-electron chi connectivity index (χ4n) is 2.24. The SMILES string of the molecule is Cc1cc(C)c(C)c(CCN(C)C(=O)C(N)=O)c1C. The van der Waals surface area contributed by atoms with Crippen molar-refractivity contribution in [1.82, 2.24) is 4.90 Å². The number of hydrogen-bond donors (Lipinski definition) is 1. The summed E-state index contributed by atoms with van der Waals surface area (Å²) in [6.07, 6.45) is 0.732. The average Bonchev–Trinajstić information content (AvgIpc) is 2.35. The number of nitrogens with zero attached hydrogens (tertiary/aromatic N) is 1. The maximum Gasteiger partial charge on any atom is 0.311 e. The van der Waals surface area contributed by atoms with E-state index in [0.29, 0.717) is 6.54 Å². The average molecular weight is 262 g/mol. The molecular weight excluding hydrogens is 240 g/mol. The smallest absolute Gasteiger partial charge is 0.311 e. The molecule has 0 radical (unpaired) electrons. The summed E-state index contributed by atoms with van der Waals surface area (Å²) in [5.74, 6) is -1.55. The molecule has 0 aliphatic heterocycles. The van der Waals surface area contributed by atoms with Gasteiger partial charge in [0.1, 0.15) is 0 Å². The normalized spacial score (nSPS) is 10.4. The highest BCUT2D eigenvalue weighted by Gasteiger charge is 2.16. The van der Waals surface area contributed by atoms with Gasteiger partial charge in [-0.15, -0.1) is 0 Å². The third kappa shape index (κ3) is 3.34. The summed E-state index contributed by atoms with van der Waals surface area (Å²) in [6.45, 7) is 8.85. The van der Waals surface area contributed by atoms with Gasteiger partial charge in [-0.3, -0.25) is 9.59 Å². The highest BCUT2D eigenvalue weighted by atomic mass is 16.2. The highest BCUT2D eigenvalue weighted by molar-refractivity contribution is 6.34. The summed E-state index contributed by atoms with van der Waals surface area (Å²) in [6, 6.07) is 2.17. The molecule has 0 fully saturated rings. The van der Waals surface area contributed by atoms with Crippen molar-refractivity contribution in [2.24, 2.45) is 5.73 Å². The Morgan fingerprint density at radius 1 is 1.11 bits per heavy atom. The minimum absolute atomic E-state index is 0.492. The second-order valence-corrected chi connectivity index (χ2v) is 5.08. The zero-order chi connectivity index (χ0) is 14.7. The Morgan fingerprint density at radius 3 is 2.00 bits per heavy atom. The minimum atomic E-state index is -0.906. The monoisotopic (exact) mass is 262 g/mol. The second kappa shape index (κ2) is 5.87. The van der Waals surface area contributed by atoms with Gasteiger partial charge in [0.15, 0.2) is 0 Å². The lowest BCUT2D eigenvalue weighted by atomic mass is 9.92.